The number of pyridine rings is 1. The number of piperidine rings is 2. The molecule has 8 nitrogen and oxygen atoms in total. The average Bonchev–Trinajstić information content (AvgIpc) is 3.29. The Labute approximate surface area is 177 Å². The third-order valence-corrected chi connectivity index (χ3v) is 8.22. The number of rotatable bonds is 5. The molecule has 4 rings (SSSR count). The highest BCUT2D eigenvalue weighted by Gasteiger charge is 2.37. The van der Waals surface area contributed by atoms with E-state index in [1.807, 2.05) is 23.2 Å². The Morgan fingerprint density at radius 3 is 2.57 bits per heavy atom. The van der Waals surface area contributed by atoms with Crippen LogP contribution in [0.1, 0.15) is 50.8 Å². The number of aromatic amines is 1. The fraction of sp³-hybridized carbons (Fsp3) is 0.571. The Kier molecular flexibility index (Phi) is 6.19. The molecule has 2 aromatic rings. The van der Waals surface area contributed by atoms with Gasteiger partial charge in [0.1, 0.15) is 0 Å². The van der Waals surface area contributed by atoms with Gasteiger partial charge in [-0.1, -0.05) is 0 Å². The molecular formula is C21H29N5O3S. The molecule has 2 aliphatic rings. The zero-order valence-corrected chi connectivity index (χ0v) is 18.1. The van der Waals surface area contributed by atoms with Gasteiger partial charge in [0.15, 0.2) is 0 Å². The van der Waals surface area contributed by atoms with Gasteiger partial charge in [-0.15, -0.1) is 0 Å². The molecule has 0 radical (unpaired) electrons. The Morgan fingerprint density at radius 2 is 1.87 bits per heavy atom. The lowest BCUT2D eigenvalue weighted by molar-refractivity contribution is -0.140. The molecule has 2 aromatic heterocycles. The third-order valence-electron chi connectivity index (χ3n) is 6.34. The van der Waals surface area contributed by atoms with E-state index >= 15 is 0 Å². The number of amides is 1. The van der Waals surface area contributed by atoms with Crippen LogP contribution in [0.5, 0.6) is 0 Å². The van der Waals surface area contributed by atoms with Crippen molar-refractivity contribution in [3.8, 4) is 11.1 Å². The van der Waals surface area contributed by atoms with E-state index < -0.39 is 10.0 Å². The van der Waals surface area contributed by atoms with Crippen molar-refractivity contribution in [3.05, 3.63) is 36.4 Å². The topological polar surface area (TPSA) is 99.3 Å². The lowest BCUT2D eigenvalue weighted by atomic mass is 9.91. The summed E-state index contributed by atoms with van der Waals surface area (Å²) >= 11 is 0. The summed E-state index contributed by atoms with van der Waals surface area (Å²) in [6, 6.07) is 3.87. The minimum atomic E-state index is -3.19. The summed E-state index contributed by atoms with van der Waals surface area (Å²) in [5.74, 6) is 0.127. The molecule has 30 heavy (non-hydrogen) atoms. The summed E-state index contributed by atoms with van der Waals surface area (Å²) in [6.07, 6.45) is 9.45. The second kappa shape index (κ2) is 8.85. The van der Waals surface area contributed by atoms with Gasteiger partial charge in [0.05, 0.1) is 23.7 Å². The van der Waals surface area contributed by atoms with Crippen LogP contribution in [0.15, 0.2) is 30.7 Å². The lowest BCUT2D eigenvalue weighted by Crippen LogP contribution is -2.47. The monoisotopic (exact) mass is 431 g/mol. The van der Waals surface area contributed by atoms with E-state index in [0.717, 1.165) is 42.6 Å². The molecule has 0 aromatic carbocycles. The first-order chi connectivity index (χ1) is 14.5. The van der Waals surface area contributed by atoms with Crippen LogP contribution < -0.4 is 0 Å². The summed E-state index contributed by atoms with van der Waals surface area (Å²) in [4.78, 5) is 19.5. The summed E-state index contributed by atoms with van der Waals surface area (Å²) in [5, 5.41) is 7.41. The number of hydrogen-bond acceptors (Lipinski definition) is 5. The van der Waals surface area contributed by atoms with Crippen molar-refractivity contribution in [2.24, 2.45) is 5.92 Å². The molecule has 0 spiro atoms. The van der Waals surface area contributed by atoms with E-state index in [1.165, 1.54) is 4.31 Å². The number of sulfonamides is 1. The van der Waals surface area contributed by atoms with Crippen LogP contribution in [-0.2, 0) is 14.8 Å². The summed E-state index contributed by atoms with van der Waals surface area (Å²) in [7, 11) is -3.19. The standard InChI is InChI=1S/C21H29N5O3S/c1-2-30(28,29)25-13-8-17(9-14-25)21(27)26-12-4-3-5-19(26)20-18(15-23-24-20)16-6-10-22-11-7-16/h6-7,10-11,15,17,19H,2-5,8-9,12-14H2,1H3,(H,23,24)/t19-/m1/s1. The molecule has 1 amide bonds. The van der Waals surface area contributed by atoms with E-state index in [4.69, 9.17) is 0 Å². The highest BCUT2D eigenvalue weighted by atomic mass is 32.2. The molecule has 2 fully saturated rings. The summed E-state index contributed by atoms with van der Waals surface area (Å²) in [6.45, 7) is 3.25. The zero-order valence-electron chi connectivity index (χ0n) is 17.3. The molecule has 0 bridgehead atoms. The van der Waals surface area contributed by atoms with Gasteiger partial charge in [-0.05, 0) is 56.7 Å². The molecule has 0 aliphatic carbocycles. The van der Waals surface area contributed by atoms with Crippen molar-refractivity contribution in [1.29, 1.82) is 0 Å². The molecule has 2 aliphatic heterocycles. The predicted octanol–water partition coefficient (Wildman–Crippen LogP) is 2.59. The van der Waals surface area contributed by atoms with Gasteiger partial charge in [0, 0.05) is 43.5 Å². The lowest BCUT2D eigenvalue weighted by Gasteiger charge is -2.39. The van der Waals surface area contributed by atoms with Crippen molar-refractivity contribution in [3.63, 3.8) is 0 Å². The first-order valence-corrected chi connectivity index (χ1v) is 12.3. The second-order valence-electron chi connectivity index (χ2n) is 8.05. The number of hydrogen-bond donors (Lipinski definition) is 1. The molecule has 1 N–H and O–H groups in total. The van der Waals surface area contributed by atoms with Gasteiger partial charge < -0.3 is 4.90 Å². The third kappa shape index (κ3) is 4.13. The van der Waals surface area contributed by atoms with E-state index in [0.29, 0.717) is 25.9 Å². The number of carbonyl (C=O) groups is 1. The Morgan fingerprint density at radius 1 is 1.13 bits per heavy atom. The van der Waals surface area contributed by atoms with Crippen molar-refractivity contribution >= 4 is 15.9 Å². The summed E-state index contributed by atoms with van der Waals surface area (Å²) in [5.41, 5.74) is 3.01. The largest absolute Gasteiger partial charge is 0.334 e. The molecule has 0 saturated carbocycles. The number of nitrogens with one attached hydrogen (secondary N) is 1. The van der Waals surface area contributed by atoms with Crippen LogP contribution in [0.25, 0.3) is 11.1 Å². The van der Waals surface area contributed by atoms with Crippen LogP contribution in [0.2, 0.25) is 0 Å². The van der Waals surface area contributed by atoms with Crippen molar-refractivity contribution in [2.75, 3.05) is 25.4 Å². The van der Waals surface area contributed by atoms with Crippen molar-refractivity contribution in [1.82, 2.24) is 24.4 Å². The van der Waals surface area contributed by atoms with Gasteiger partial charge in [-0.25, -0.2) is 12.7 Å². The maximum Gasteiger partial charge on any atom is 0.226 e. The first-order valence-electron chi connectivity index (χ1n) is 10.7. The average molecular weight is 432 g/mol. The number of nitrogens with zero attached hydrogens (tertiary/aromatic N) is 4. The van der Waals surface area contributed by atoms with Gasteiger partial charge >= 0.3 is 0 Å². The fourth-order valence-corrected chi connectivity index (χ4v) is 5.74. The molecule has 4 heterocycles. The smallest absolute Gasteiger partial charge is 0.226 e. The van der Waals surface area contributed by atoms with Gasteiger partial charge in [0.2, 0.25) is 15.9 Å². The van der Waals surface area contributed by atoms with Crippen LogP contribution in [0.4, 0.5) is 0 Å². The van der Waals surface area contributed by atoms with E-state index in [-0.39, 0.29) is 23.6 Å². The summed E-state index contributed by atoms with van der Waals surface area (Å²) < 4.78 is 25.8. The second-order valence-corrected chi connectivity index (χ2v) is 10.3. The van der Waals surface area contributed by atoms with E-state index in [9.17, 15) is 13.2 Å². The molecular weight excluding hydrogens is 402 g/mol. The Hall–Kier alpha value is -2.26. The quantitative estimate of drug-likeness (QED) is 0.784. The number of aromatic nitrogens is 3. The maximum atomic E-state index is 13.4. The molecule has 0 unspecified atom stereocenters. The normalized spacial score (nSPS) is 21.6. The zero-order chi connectivity index (χ0) is 21.1. The van der Waals surface area contributed by atoms with E-state index in [1.54, 1.807) is 19.3 Å². The molecule has 162 valence electrons. The number of carbonyl (C=O) groups excluding carboxylic acids is 1. The Balaban J connectivity index is 1.52. The van der Waals surface area contributed by atoms with Crippen LogP contribution in [0.3, 0.4) is 0 Å². The van der Waals surface area contributed by atoms with Gasteiger partial charge in [0.25, 0.3) is 0 Å². The predicted molar refractivity (Wildman–Crippen MR) is 114 cm³/mol. The highest BCUT2D eigenvalue weighted by molar-refractivity contribution is 7.89. The number of likely N-dealkylation sites (tertiary alicyclic amines) is 1. The highest BCUT2D eigenvalue weighted by Crippen LogP contribution is 2.37. The molecule has 9 heteroatoms. The fourth-order valence-electron chi connectivity index (χ4n) is 4.61. The molecule has 1 atom stereocenters. The Bertz CT molecular complexity index is 968. The van der Waals surface area contributed by atoms with Crippen molar-refractivity contribution in [2.45, 2.75) is 45.1 Å². The minimum Gasteiger partial charge on any atom is -0.334 e. The minimum absolute atomic E-state index is 0.0330. The van der Waals surface area contributed by atoms with Crippen molar-refractivity contribution < 1.29 is 13.2 Å². The van der Waals surface area contributed by atoms with Gasteiger partial charge in [-0.2, -0.15) is 5.10 Å². The van der Waals surface area contributed by atoms with Crippen LogP contribution >= 0.6 is 0 Å². The SMILES string of the molecule is CCS(=O)(=O)N1CCC(C(=O)N2CCCC[C@@H]2c2[nH]ncc2-c2ccncc2)CC1. The molecule has 2 saturated heterocycles. The number of H-pyrrole nitrogens is 1. The van der Waals surface area contributed by atoms with Crippen LogP contribution in [0, 0.1) is 5.92 Å². The van der Waals surface area contributed by atoms with Crippen LogP contribution in [-0.4, -0.2) is 64.1 Å². The van der Waals surface area contributed by atoms with Gasteiger partial charge in [-0.3, -0.25) is 14.9 Å². The first kappa shape index (κ1) is 21.0. The maximum absolute atomic E-state index is 13.4. The van der Waals surface area contributed by atoms with E-state index in [2.05, 4.69) is 15.2 Å².